The third-order valence-corrected chi connectivity index (χ3v) is 2.21. The first-order chi connectivity index (χ1) is 4.50. The Kier molecular flexibility index (Phi) is 1.77. The third-order valence-electron chi connectivity index (χ3n) is 1.10. The zero-order valence-electron chi connectivity index (χ0n) is 5.53. The van der Waals surface area contributed by atoms with Gasteiger partial charge in [-0.1, -0.05) is 0 Å². The summed E-state index contributed by atoms with van der Waals surface area (Å²) in [6.07, 6.45) is 0. The first-order valence-electron chi connectivity index (χ1n) is 2.80. The van der Waals surface area contributed by atoms with Crippen LogP contribution in [-0.2, 0) is 5.92 Å². The highest BCUT2D eigenvalue weighted by Crippen LogP contribution is 2.31. The van der Waals surface area contributed by atoms with Crippen LogP contribution < -0.4 is 0 Å². The van der Waals surface area contributed by atoms with Crippen LogP contribution in [0.5, 0.6) is 0 Å². The van der Waals surface area contributed by atoms with Crippen LogP contribution in [0.3, 0.4) is 0 Å². The van der Waals surface area contributed by atoms with Crippen LogP contribution in [0.1, 0.15) is 9.75 Å². The Hall–Kier alpha value is -0.440. The minimum absolute atomic E-state index is 0.0324. The molecule has 0 amide bonds. The highest BCUT2D eigenvalue weighted by molar-refractivity contribution is 7.12. The quantitative estimate of drug-likeness (QED) is 0.594. The molecule has 0 N–H and O–H groups in total. The van der Waals surface area contributed by atoms with E-state index in [1.54, 1.807) is 13.0 Å². The Bertz CT molecular complexity index is 222. The van der Waals surface area contributed by atoms with Crippen LogP contribution in [-0.4, -0.2) is 0 Å². The monoisotopic (exact) mass is 161 g/mol. The molecule has 0 aliphatic carbocycles. The van der Waals surface area contributed by atoms with Crippen LogP contribution in [0.2, 0.25) is 0 Å². The van der Waals surface area contributed by atoms with Crippen molar-refractivity contribution in [3.63, 3.8) is 0 Å². The first kappa shape index (κ1) is 7.66. The van der Waals surface area contributed by atoms with Gasteiger partial charge in [0.1, 0.15) is 0 Å². The summed E-state index contributed by atoms with van der Waals surface area (Å²) in [4.78, 5) is 0.920. The number of aryl methyl sites for hydroxylation is 1. The molecule has 0 spiro atoms. The molecule has 1 heterocycles. The zero-order valence-corrected chi connectivity index (χ0v) is 6.34. The fourth-order valence-electron chi connectivity index (χ4n) is 0.631. The fourth-order valence-corrected chi connectivity index (χ4v) is 1.40. The Morgan fingerprint density at radius 3 is 2.30 bits per heavy atom. The first-order valence-corrected chi connectivity index (χ1v) is 3.62. The molecule has 1 aromatic heterocycles. The van der Waals surface area contributed by atoms with Gasteiger partial charge in [-0.3, -0.25) is 0 Å². The van der Waals surface area contributed by atoms with Crippen molar-refractivity contribution < 1.29 is 8.78 Å². The molecule has 1 aromatic rings. The van der Waals surface area contributed by atoms with E-state index in [4.69, 9.17) is 0 Å². The van der Waals surface area contributed by atoms with E-state index in [0.717, 1.165) is 16.2 Å². The smallest absolute Gasteiger partial charge is 0.200 e. The molecule has 0 bridgehead atoms. The lowest BCUT2D eigenvalue weighted by Crippen LogP contribution is -2.03. The highest BCUT2D eigenvalue weighted by atomic mass is 32.1. The average molecular weight is 161 g/mol. The van der Waals surface area contributed by atoms with Gasteiger partial charge >= 0.3 is 0 Å². The molecule has 0 aromatic carbocycles. The van der Waals surface area contributed by atoms with Crippen LogP contribution in [0.4, 0.5) is 8.78 Å². The Balaban J connectivity index is 2.96. The SMILES string of the molecule is [CH2]C(F)(F)c1ccc(C)s1. The molecule has 0 unspecified atom stereocenters. The van der Waals surface area contributed by atoms with Crippen LogP contribution in [0.15, 0.2) is 12.1 Å². The second kappa shape index (κ2) is 2.31. The Morgan fingerprint density at radius 1 is 1.50 bits per heavy atom. The predicted molar refractivity (Wildman–Crippen MR) is 38.3 cm³/mol. The molecule has 0 fully saturated rings. The molecule has 1 rings (SSSR count). The number of alkyl halides is 2. The Morgan fingerprint density at radius 2 is 2.10 bits per heavy atom. The van der Waals surface area contributed by atoms with Gasteiger partial charge < -0.3 is 0 Å². The normalized spacial score (nSPS) is 12.0. The van der Waals surface area contributed by atoms with E-state index in [0.29, 0.717) is 0 Å². The second-order valence-corrected chi connectivity index (χ2v) is 3.40. The molecular weight excluding hydrogens is 154 g/mol. The van der Waals surface area contributed by atoms with Gasteiger partial charge in [0.2, 0.25) is 0 Å². The summed E-state index contributed by atoms with van der Waals surface area (Å²) >= 11 is 1.08. The molecule has 0 atom stereocenters. The van der Waals surface area contributed by atoms with Crippen molar-refractivity contribution in [3.05, 3.63) is 28.8 Å². The van der Waals surface area contributed by atoms with E-state index < -0.39 is 5.92 Å². The van der Waals surface area contributed by atoms with E-state index >= 15 is 0 Å². The maximum absolute atomic E-state index is 12.4. The van der Waals surface area contributed by atoms with Crippen molar-refractivity contribution in [2.75, 3.05) is 0 Å². The van der Waals surface area contributed by atoms with Crippen molar-refractivity contribution in [3.8, 4) is 0 Å². The van der Waals surface area contributed by atoms with E-state index in [1.807, 2.05) is 0 Å². The van der Waals surface area contributed by atoms with E-state index in [2.05, 4.69) is 6.92 Å². The summed E-state index contributed by atoms with van der Waals surface area (Å²) in [5, 5.41) is 0. The molecule has 0 aliphatic heterocycles. The van der Waals surface area contributed by atoms with Crippen LogP contribution >= 0.6 is 11.3 Å². The number of rotatable bonds is 1. The lowest BCUT2D eigenvalue weighted by molar-refractivity contribution is 0.0528. The molecule has 3 heteroatoms. The van der Waals surface area contributed by atoms with Gasteiger partial charge in [0.15, 0.2) is 0 Å². The highest BCUT2D eigenvalue weighted by Gasteiger charge is 2.25. The van der Waals surface area contributed by atoms with Gasteiger partial charge in [-0.05, 0) is 19.1 Å². The fraction of sp³-hybridized carbons (Fsp3) is 0.286. The topological polar surface area (TPSA) is 0 Å². The molecule has 55 valence electrons. The van der Waals surface area contributed by atoms with Gasteiger partial charge in [-0.15, -0.1) is 11.3 Å². The number of halogens is 2. The van der Waals surface area contributed by atoms with Crippen molar-refractivity contribution in [2.45, 2.75) is 12.8 Å². The zero-order chi connectivity index (χ0) is 7.78. The maximum atomic E-state index is 12.4. The van der Waals surface area contributed by atoms with Crippen molar-refractivity contribution >= 4 is 11.3 Å². The largest absolute Gasteiger partial charge is 0.282 e. The molecule has 0 saturated heterocycles. The van der Waals surface area contributed by atoms with Crippen LogP contribution in [0, 0.1) is 13.8 Å². The van der Waals surface area contributed by atoms with Crippen molar-refractivity contribution in [1.82, 2.24) is 0 Å². The number of hydrogen-bond acceptors (Lipinski definition) is 1. The second-order valence-electron chi connectivity index (χ2n) is 2.11. The summed E-state index contributed by atoms with van der Waals surface area (Å²) in [7, 11) is 0. The Labute approximate surface area is 62.5 Å². The molecule has 0 aliphatic rings. The number of thiophene rings is 1. The van der Waals surface area contributed by atoms with Gasteiger partial charge in [0, 0.05) is 11.8 Å². The minimum Gasteiger partial charge on any atom is -0.200 e. The summed E-state index contributed by atoms with van der Waals surface area (Å²) < 4.78 is 24.7. The van der Waals surface area contributed by atoms with Gasteiger partial charge in [-0.2, -0.15) is 0 Å². The minimum atomic E-state index is -2.92. The molecular formula is C7H7F2S. The summed E-state index contributed by atoms with van der Waals surface area (Å²) in [5.41, 5.74) is 0. The van der Waals surface area contributed by atoms with Crippen molar-refractivity contribution in [1.29, 1.82) is 0 Å². The molecule has 0 saturated carbocycles. The lowest BCUT2D eigenvalue weighted by atomic mass is 10.3. The summed E-state index contributed by atoms with van der Waals surface area (Å²) in [5.74, 6) is -2.92. The third kappa shape index (κ3) is 1.53. The van der Waals surface area contributed by atoms with Gasteiger partial charge in [-0.25, -0.2) is 8.78 Å². The lowest BCUT2D eigenvalue weighted by Gasteiger charge is -2.04. The summed E-state index contributed by atoms with van der Waals surface area (Å²) in [6.45, 7) is 4.52. The molecule has 1 radical (unpaired) electrons. The number of hydrogen-bond donors (Lipinski definition) is 0. The van der Waals surface area contributed by atoms with E-state index in [9.17, 15) is 8.78 Å². The van der Waals surface area contributed by atoms with Crippen molar-refractivity contribution in [2.24, 2.45) is 0 Å². The summed E-state index contributed by atoms with van der Waals surface area (Å²) in [6, 6.07) is 3.08. The standard InChI is InChI=1S/C7H7F2S/c1-5-3-4-6(10-5)7(2,8)9/h3-4H,2H2,1H3. The van der Waals surface area contributed by atoms with Gasteiger partial charge in [0.05, 0.1) is 4.88 Å². The van der Waals surface area contributed by atoms with Crippen LogP contribution in [0.25, 0.3) is 0 Å². The maximum Gasteiger partial charge on any atom is 0.282 e. The molecule has 10 heavy (non-hydrogen) atoms. The van der Waals surface area contributed by atoms with Gasteiger partial charge in [0.25, 0.3) is 5.92 Å². The predicted octanol–water partition coefficient (Wildman–Crippen LogP) is 2.98. The van der Waals surface area contributed by atoms with E-state index in [-0.39, 0.29) is 4.88 Å². The van der Waals surface area contributed by atoms with E-state index in [1.165, 1.54) is 6.07 Å². The molecule has 0 nitrogen and oxygen atoms in total. The average Bonchev–Trinajstić information content (AvgIpc) is 2.11.